The quantitative estimate of drug-likeness (QED) is 0.169. The van der Waals surface area contributed by atoms with Gasteiger partial charge in [0.05, 0.1) is 0 Å². The van der Waals surface area contributed by atoms with Crippen molar-refractivity contribution in [2.75, 3.05) is 44.2 Å². The fraction of sp³-hybridized carbons (Fsp3) is 0.763. The topological polar surface area (TPSA) is 108 Å². The van der Waals surface area contributed by atoms with Crippen LogP contribution in [0.1, 0.15) is 106 Å². The van der Waals surface area contributed by atoms with Crippen LogP contribution in [-0.4, -0.2) is 112 Å². The summed E-state index contributed by atoms with van der Waals surface area (Å²) in [6.07, 6.45) is 9.13. The van der Waals surface area contributed by atoms with Gasteiger partial charge in [-0.2, -0.15) is 0 Å². The predicted molar refractivity (Wildman–Crippen MR) is 200 cm³/mol. The first kappa shape index (κ1) is 39.7. The van der Waals surface area contributed by atoms with Crippen LogP contribution in [0.25, 0.3) is 10.9 Å². The van der Waals surface area contributed by atoms with Gasteiger partial charge >= 0.3 is 288 Å². The third-order valence-electron chi connectivity index (χ3n) is 11.1. The van der Waals surface area contributed by atoms with E-state index in [1.54, 1.807) is 11.1 Å². The van der Waals surface area contributed by atoms with Gasteiger partial charge in [0.2, 0.25) is 0 Å². The molecule has 3 aliphatic heterocycles. The third-order valence-corrected chi connectivity index (χ3v) is 26.2. The van der Waals surface area contributed by atoms with Gasteiger partial charge in [0.25, 0.3) is 0 Å². The Morgan fingerprint density at radius 3 is 2.37 bits per heavy atom. The zero-order valence-corrected chi connectivity index (χ0v) is 34.6. The van der Waals surface area contributed by atoms with Crippen molar-refractivity contribution in [1.82, 2.24) is 24.8 Å². The first-order valence-electron chi connectivity index (χ1n) is 19.4. The van der Waals surface area contributed by atoms with Gasteiger partial charge in [-0.1, -0.05) is 0 Å². The van der Waals surface area contributed by atoms with Crippen molar-refractivity contribution in [2.24, 2.45) is 0 Å². The summed E-state index contributed by atoms with van der Waals surface area (Å²) in [6, 6.07) is 1.84. The van der Waals surface area contributed by atoms with Crippen molar-refractivity contribution in [3.05, 3.63) is 12.0 Å². The minimum atomic E-state index is -3.33. The maximum atomic E-state index is 17.4. The van der Waals surface area contributed by atoms with Crippen LogP contribution in [0.3, 0.4) is 0 Å². The number of halogens is 2. The van der Waals surface area contributed by atoms with Gasteiger partial charge in [-0.05, 0) is 20.8 Å². The third kappa shape index (κ3) is 8.99. The van der Waals surface area contributed by atoms with Gasteiger partial charge in [0.1, 0.15) is 0 Å². The van der Waals surface area contributed by atoms with E-state index in [1.807, 2.05) is 25.7 Å². The van der Waals surface area contributed by atoms with Gasteiger partial charge in [-0.15, -0.1) is 0 Å². The summed E-state index contributed by atoms with van der Waals surface area (Å²) in [6.45, 7) is 14.5. The number of amides is 1. The summed E-state index contributed by atoms with van der Waals surface area (Å²) in [5.41, 5.74) is -0.876. The molecule has 3 aliphatic rings. The monoisotopic (exact) mass is 819 g/mol. The van der Waals surface area contributed by atoms with Crippen molar-refractivity contribution in [1.29, 1.82) is 5.26 Å². The molecule has 2 aromatic rings. The van der Waals surface area contributed by atoms with Crippen molar-refractivity contribution >= 4 is 44.9 Å². The van der Waals surface area contributed by atoms with Crippen LogP contribution >= 0.6 is 0 Å². The summed E-state index contributed by atoms with van der Waals surface area (Å²) in [5, 5.41) is 10.2. The summed E-state index contributed by atoms with van der Waals surface area (Å²) in [4.78, 5) is 33.7. The molecular weight excluding hydrogens is 759 g/mol. The Hall–Kier alpha value is -2.53. The average Bonchev–Trinajstić information content (AvgIpc) is 3.62. The number of rotatable bonds is 15. The number of nitriles is 1. The Bertz CT molecular complexity index is 1530. The second-order valence-electron chi connectivity index (χ2n) is 16.1. The molecule has 5 heterocycles. The Labute approximate surface area is 307 Å². The van der Waals surface area contributed by atoms with E-state index in [1.165, 1.54) is 0 Å². The van der Waals surface area contributed by atoms with Crippen LogP contribution in [0.4, 0.5) is 19.4 Å². The summed E-state index contributed by atoms with van der Waals surface area (Å²) in [5.74, 6) is 0.137. The molecule has 3 saturated heterocycles. The molecule has 3 atom stereocenters. The van der Waals surface area contributed by atoms with Crippen LogP contribution in [0.15, 0.2) is 6.20 Å². The number of anilines is 1. The Morgan fingerprint density at radius 2 is 1.75 bits per heavy atom. The number of ether oxygens (including phenoxy) is 2. The minimum absolute atomic E-state index is 0.0694. The van der Waals surface area contributed by atoms with Crippen LogP contribution in [0.2, 0.25) is 13.3 Å². The van der Waals surface area contributed by atoms with E-state index in [0.29, 0.717) is 47.5 Å². The number of nitrogens with zero attached hydrogens (tertiary/aromatic N) is 7. The standard InChI is InChI=1S/C26H32F2N7O3.3C4H9.Sn/c1-25(2,3)38-24(36)35-10-9-33(15-18(35)5-7-29)22-19-12-30-13-20(28)21(19)31-23(32-22)37-16-26-6-4-8-34(26)14-17(27)11-26;3*1-3-4-2;/h12,17-18H,4-6,8-11,14-16H2,1-3H3;3*1,3-4H2,2H3;/t17-,18+,26+;;;;/m1..../s1. The van der Waals surface area contributed by atoms with Gasteiger partial charge in [0.15, 0.2) is 0 Å². The summed E-state index contributed by atoms with van der Waals surface area (Å²) < 4.78 is 47.9. The molecule has 0 radical (unpaired) electrons. The molecule has 0 N–H and O–H groups in total. The molecule has 10 nitrogen and oxygen atoms in total. The van der Waals surface area contributed by atoms with Crippen molar-refractivity contribution in [3.8, 4) is 12.1 Å². The number of unbranched alkanes of at least 4 members (excludes halogenated alkanes) is 3. The molecule has 0 aliphatic carbocycles. The second kappa shape index (κ2) is 17.1. The molecule has 2 aromatic heterocycles. The normalized spacial score (nSPS) is 22.7. The Morgan fingerprint density at radius 1 is 1.06 bits per heavy atom. The molecule has 51 heavy (non-hydrogen) atoms. The zero-order valence-electron chi connectivity index (χ0n) is 31.8. The van der Waals surface area contributed by atoms with E-state index in [0.717, 1.165) is 71.2 Å². The van der Waals surface area contributed by atoms with Crippen molar-refractivity contribution < 1.29 is 23.0 Å². The van der Waals surface area contributed by atoms with Gasteiger partial charge < -0.3 is 0 Å². The number of carbonyl (C=O) groups is 1. The molecule has 0 unspecified atom stereocenters. The van der Waals surface area contributed by atoms with Crippen molar-refractivity contribution in [3.63, 3.8) is 0 Å². The number of hydrogen-bond acceptors (Lipinski definition) is 9. The Kier molecular flexibility index (Phi) is 13.3. The first-order chi connectivity index (χ1) is 24.4. The summed E-state index contributed by atoms with van der Waals surface area (Å²) >= 11 is -3.33. The Balaban J connectivity index is 1.58. The molecule has 13 heteroatoms. The molecular formula is C38H59F2N7O3Sn. The van der Waals surface area contributed by atoms with E-state index < -0.39 is 47.8 Å². The van der Waals surface area contributed by atoms with E-state index in [-0.39, 0.29) is 30.4 Å². The van der Waals surface area contributed by atoms with Gasteiger partial charge in [-0.3, -0.25) is 0 Å². The fourth-order valence-corrected chi connectivity index (χ4v) is 24.1. The second-order valence-corrected chi connectivity index (χ2v) is 29.0. The molecule has 1 amide bonds. The SMILES string of the molecule is CCC[CH2][Sn]([CH2]CCC)([CH2]CCC)[c]1ncc2c(N3CCN(C(=O)OC(C)(C)C)[C@@H](CC#N)C3)nc(OC[C@@]34CCCN3C[C@H](F)C4)nc2c1F. The molecule has 282 valence electrons. The number of hydrogen-bond donors (Lipinski definition) is 0. The number of pyridine rings is 1. The van der Waals surface area contributed by atoms with Gasteiger partial charge in [0, 0.05) is 0 Å². The van der Waals surface area contributed by atoms with Crippen molar-refractivity contribution in [2.45, 2.75) is 142 Å². The molecule has 0 spiro atoms. The fourth-order valence-electron chi connectivity index (χ4n) is 8.51. The molecule has 0 saturated carbocycles. The van der Waals surface area contributed by atoms with E-state index in [4.69, 9.17) is 24.4 Å². The van der Waals surface area contributed by atoms with Crippen LogP contribution < -0.4 is 13.3 Å². The number of aromatic nitrogens is 3. The maximum absolute atomic E-state index is 17.4. The summed E-state index contributed by atoms with van der Waals surface area (Å²) in [7, 11) is 0. The molecule has 0 aromatic carbocycles. The van der Waals surface area contributed by atoms with Gasteiger partial charge in [-0.25, -0.2) is 0 Å². The van der Waals surface area contributed by atoms with E-state index >= 15 is 4.39 Å². The zero-order chi connectivity index (χ0) is 36.8. The van der Waals surface area contributed by atoms with E-state index in [2.05, 4.69) is 31.7 Å². The number of fused-ring (bicyclic) bond motifs is 2. The number of alkyl halides is 1. The van der Waals surface area contributed by atoms with E-state index in [9.17, 15) is 14.4 Å². The average molecular weight is 819 g/mol. The molecule has 0 bridgehead atoms. The van der Waals surface area contributed by atoms with Crippen LogP contribution in [-0.2, 0) is 4.74 Å². The van der Waals surface area contributed by atoms with Crippen LogP contribution in [0, 0.1) is 17.1 Å². The number of piperazine rings is 1. The van der Waals surface area contributed by atoms with Crippen LogP contribution in [0.5, 0.6) is 6.01 Å². The number of carbonyl (C=O) groups excluding carboxylic acids is 1. The predicted octanol–water partition coefficient (Wildman–Crippen LogP) is 7.51. The molecule has 3 fully saturated rings. The first-order valence-corrected chi connectivity index (χ1v) is 26.9. The molecule has 5 rings (SSSR count).